The number of nitrogens with one attached hydrogen (secondary N) is 1. The summed E-state index contributed by atoms with van der Waals surface area (Å²) in [6, 6.07) is 0.896. The third-order valence-corrected chi connectivity index (χ3v) is 10.2. The van der Waals surface area contributed by atoms with Crippen LogP contribution >= 0.6 is 20.5 Å². The topological polar surface area (TPSA) is 83.8 Å². The molecule has 11 heteroatoms. The molecule has 0 radical (unpaired) electrons. The van der Waals surface area contributed by atoms with Crippen molar-refractivity contribution in [1.82, 2.24) is 9.29 Å². The average Bonchev–Trinajstić information content (AvgIpc) is 3.49. The molecule has 3 unspecified atom stereocenters. The lowest BCUT2D eigenvalue weighted by atomic mass is 9.91. The van der Waals surface area contributed by atoms with E-state index in [9.17, 15) is 14.7 Å². The van der Waals surface area contributed by atoms with Gasteiger partial charge >= 0.3 is 5.97 Å². The highest BCUT2D eigenvalue weighted by Crippen LogP contribution is 2.44. The van der Waals surface area contributed by atoms with Crippen LogP contribution < -0.4 is 15.1 Å². The molecule has 2 aliphatic heterocycles. The molecule has 5 rings (SSSR count). The number of rotatable bonds is 9. The van der Waals surface area contributed by atoms with Crippen LogP contribution in [-0.4, -0.2) is 59.1 Å². The van der Waals surface area contributed by atoms with Crippen LogP contribution in [0.15, 0.2) is 17.1 Å². The second-order valence-electron chi connectivity index (χ2n) is 9.50. The molecule has 1 aromatic heterocycles. The number of hydrogen-bond acceptors (Lipinski definition) is 6. The first kappa shape index (κ1) is 24.7. The van der Waals surface area contributed by atoms with Gasteiger partial charge in [-0.05, 0) is 31.7 Å². The van der Waals surface area contributed by atoms with Crippen LogP contribution in [0.3, 0.4) is 0 Å². The Kier molecular flexibility index (Phi) is 6.71. The third-order valence-electron chi connectivity index (χ3n) is 7.13. The van der Waals surface area contributed by atoms with Gasteiger partial charge in [-0.25, -0.2) is 13.6 Å². The van der Waals surface area contributed by atoms with E-state index in [-0.39, 0.29) is 38.3 Å². The van der Waals surface area contributed by atoms with Crippen LogP contribution in [0.1, 0.15) is 49.0 Å². The lowest BCUT2D eigenvalue weighted by Gasteiger charge is -2.29. The number of carbonyl (C=O) groups is 1. The van der Waals surface area contributed by atoms with Gasteiger partial charge in [0.15, 0.2) is 5.82 Å². The van der Waals surface area contributed by atoms with E-state index in [4.69, 9.17) is 4.74 Å². The van der Waals surface area contributed by atoms with Gasteiger partial charge in [0.2, 0.25) is 5.43 Å². The van der Waals surface area contributed by atoms with E-state index in [1.54, 1.807) is 15.7 Å². The van der Waals surface area contributed by atoms with E-state index in [0.29, 0.717) is 26.2 Å². The summed E-state index contributed by atoms with van der Waals surface area (Å²) in [6.07, 6.45) is 4.56. The Morgan fingerprint density at radius 2 is 2.17 bits per heavy atom. The Labute approximate surface area is 208 Å². The highest BCUT2D eigenvalue weighted by molar-refractivity contribution is 8.82. The maximum atomic E-state index is 16.0. The van der Waals surface area contributed by atoms with E-state index in [2.05, 4.69) is 17.5 Å². The van der Waals surface area contributed by atoms with Crippen LogP contribution in [-0.2, 0) is 4.74 Å². The smallest absolute Gasteiger partial charge is 0.341 e. The minimum absolute atomic E-state index is 0.0284. The van der Waals surface area contributed by atoms with E-state index < -0.39 is 34.2 Å². The molecule has 3 aliphatic rings. The predicted molar refractivity (Wildman–Crippen MR) is 138 cm³/mol. The molecule has 2 saturated heterocycles. The Bertz CT molecular complexity index is 1270. The molecule has 35 heavy (non-hydrogen) atoms. The minimum atomic E-state index is -1.41. The molecule has 2 aromatic rings. The van der Waals surface area contributed by atoms with E-state index in [1.807, 2.05) is 0 Å². The number of hydrogen-bond donors (Lipinski definition) is 2. The maximum absolute atomic E-state index is 16.0. The van der Waals surface area contributed by atoms with Gasteiger partial charge in [-0.2, -0.15) is 0 Å². The highest BCUT2D eigenvalue weighted by atomic mass is 33.1. The molecule has 0 bridgehead atoms. The molecule has 1 aliphatic carbocycles. The molecule has 3 heterocycles. The van der Waals surface area contributed by atoms with Crippen molar-refractivity contribution in [3.05, 3.63) is 39.7 Å². The number of halogens is 2. The summed E-state index contributed by atoms with van der Waals surface area (Å²) in [5, 5.41) is 9.20. The summed E-state index contributed by atoms with van der Waals surface area (Å²) in [5.74, 6) is 2.18. The predicted octanol–water partition coefficient (Wildman–Crippen LogP) is 4.17. The van der Waals surface area contributed by atoms with Gasteiger partial charge in [0.05, 0.1) is 10.9 Å². The van der Waals surface area contributed by atoms with Gasteiger partial charge in [-0.15, -0.1) is 0 Å². The van der Waals surface area contributed by atoms with Gasteiger partial charge in [0, 0.05) is 50.2 Å². The molecule has 1 saturated carbocycles. The van der Waals surface area contributed by atoms with E-state index in [0.717, 1.165) is 37.5 Å². The average molecular weight is 526 g/mol. The Morgan fingerprint density at radius 3 is 2.86 bits per heavy atom. The number of carboxylic acid groups (broad SMARTS) is 1. The zero-order valence-electron chi connectivity index (χ0n) is 19.5. The first-order valence-corrected chi connectivity index (χ1v) is 14.7. The van der Waals surface area contributed by atoms with Crippen molar-refractivity contribution < 1.29 is 23.4 Å². The van der Waals surface area contributed by atoms with Crippen molar-refractivity contribution in [1.29, 1.82) is 0 Å². The number of aromatic nitrogens is 1. The summed E-state index contributed by atoms with van der Waals surface area (Å²) in [4.78, 5) is 26.0. The molecular weight excluding hydrogens is 496 g/mol. The monoisotopic (exact) mass is 525 g/mol. The number of benzene rings is 1. The standard InChI is InChI=1S/C24H29F2N3O4S2/c1-3-8-34-35(2)27-12-24-13-28(10-14(24)6-7-33-24)21-18(25)9-16-20(19(21)26)29(15-4-5-15)11-17(22(16)30)23(31)32/h9,11,14-15,27H,2-8,10,12-13H2,1H3,(H,31,32). The van der Waals surface area contributed by atoms with Gasteiger partial charge < -0.3 is 19.3 Å². The highest BCUT2D eigenvalue weighted by Gasteiger charge is 2.52. The molecule has 3 fully saturated rings. The first-order valence-electron chi connectivity index (χ1n) is 11.9. The van der Waals surface area contributed by atoms with Crippen molar-refractivity contribution in [2.24, 2.45) is 5.92 Å². The molecule has 190 valence electrons. The van der Waals surface area contributed by atoms with E-state index in [1.165, 1.54) is 10.8 Å². The largest absolute Gasteiger partial charge is 0.477 e. The van der Waals surface area contributed by atoms with Crippen LogP contribution in [0.2, 0.25) is 0 Å². The maximum Gasteiger partial charge on any atom is 0.341 e. The lowest BCUT2D eigenvalue weighted by Crippen LogP contribution is -2.45. The fraction of sp³-hybridized carbons (Fsp3) is 0.542. The van der Waals surface area contributed by atoms with Gasteiger partial charge in [0.1, 0.15) is 22.7 Å². The van der Waals surface area contributed by atoms with Gasteiger partial charge in [-0.3, -0.25) is 9.52 Å². The van der Waals surface area contributed by atoms with Gasteiger partial charge in [-0.1, -0.05) is 33.3 Å². The molecule has 1 aromatic carbocycles. The third kappa shape index (κ3) is 4.41. The number of aromatic carboxylic acids is 1. The summed E-state index contributed by atoms with van der Waals surface area (Å²) in [7, 11) is 1.46. The second-order valence-corrected chi connectivity index (χ2v) is 13.0. The summed E-state index contributed by atoms with van der Waals surface area (Å²) in [5.41, 5.74) is -2.12. The zero-order chi connectivity index (χ0) is 24.9. The van der Waals surface area contributed by atoms with Crippen LogP contribution in [0.4, 0.5) is 14.5 Å². The van der Waals surface area contributed by atoms with Crippen molar-refractivity contribution in [3.8, 4) is 0 Å². The Balaban J connectivity index is 1.51. The Morgan fingerprint density at radius 1 is 1.40 bits per heavy atom. The summed E-state index contributed by atoms with van der Waals surface area (Å²) in [6.45, 7) is 4.03. The Hall–Kier alpha value is -1.95. The van der Waals surface area contributed by atoms with Crippen molar-refractivity contribution in [3.63, 3.8) is 0 Å². The van der Waals surface area contributed by atoms with Gasteiger partial charge in [0.25, 0.3) is 0 Å². The fourth-order valence-electron chi connectivity index (χ4n) is 5.24. The number of pyridine rings is 1. The van der Waals surface area contributed by atoms with Crippen LogP contribution in [0.5, 0.6) is 0 Å². The zero-order valence-corrected chi connectivity index (χ0v) is 21.2. The molecular formula is C24H29F2N3O4S2. The minimum Gasteiger partial charge on any atom is -0.477 e. The van der Waals surface area contributed by atoms with Crippen molar-refractivity contribution in [2.75, 3.05) is 36.9 Å². The number of fused-ring (bicyclic) bond motifs is 2. The number of anilines is 1. The van der Waals surface area contributed by atoms with Crippen LogP contribution in [0, 0.1) is 17.6 Å². The van der Waals surface area contributed by atoms with Crippen molar-refractivity contribution >= 4 is 48.9 Å². The summed E-state index contributed by atoms with van der Waals surface area (Å²) >= 11 is 0. The fourth-order valence-corrected chi connectivity index (χ4v) is 7.62. The molecule has 0 spiro atoms. The molecule has 2 N–H and O–H groups in total. The first-order chi connectivity index (χ1) is 16.8. The number of carboxylic acids is 1. The lowest BCUT2D eigenvalue weighted by molar-refractivity contribution is 0.0102. The normalized spacial score (nSPS) is 24.8. The number of ether oxygens (including phenoxy) is 1. The second kappa shape index (κ2) is 9.49. The molecule has 0 amide bonds. The SMILES string of the molecule is C=S(NCC12CN(c3c(F)cc4c(=O)c(C(=O)O)cn(C5CC5)c4c3F)CC1CCO2)SCCC. The van der Waals surface area contributed by atoms with Crippen molar-refractivity contribution in [2.45, 2.75) is 44.2 Å². The quantitative estimate of drug-likeness (QED) is 0.376. The van der Waals surface area contributed by atoms with Crippen LogP contribution in [0.25, 0.3) is 10.9 Å². The molecule has 3 atom stereocenters. The van der Waals surface area contributed by atoms with E-state index >= 15 is 8.78 Å². The summed E-state index contributed by atoms with van der Waals surface area (Å²) < 4.78 is 42.6. The molecule has 7 nitrogen and oxygen atoms in total. The number of nitrogens with zero attached hydrogens (tertiary/aromatic N) is 2.